The third-order valence-corrected chi connectivity index (χ3v) is 5.20. The largest absolute Gasteiger partial charge is 0.432 e. The zero-order chi connectivity index (χ0) is 17.3. The first kappa shape index (κ1) is 19.8. The van der Waals surface area contributed by atoms with Crippen LogP contribution in [0.15, 0.2) is 18.2 Å². The van der Waals surface area contributed by atoms with E-state index in [1.807, 2.05) is 0 Å². The van der Waals surface area contributed by atoms with Crippen LogP contribution >= 0.6 is 12.4 Å². The highest BCUT2D eigenvalue weighted by Gasteiger charge is 2.40. The van der Waals surface area contributed by atoms with Crippen LogP contribution in [-0.2, 0) is 4.79 Å². The predicted molar refractivity (Wildman–Crippen MR) is 90.4 cm³/mol. The molecule has 1 aromatic carbocycles. The number of hydrogen-bond donors (Lipinski definition) is 2. The first-order valence-electron chi connectivity index (χ1n) is 8.25. The van der Waals surface area contributed by atoms with Crippen LogP contribution in [0.5, 0.6) is 5.75 Å². The number of fused-ring (bicyclic) bond motifs is 2. The summed E-state index contributed by atoms with van der Waals surface area (Å²) in [7, 11) is 0. The lowest BCUT2D eigenvalue weighted by molar-refractivity contribution is -0.122. The van der Waals surface area contributed by atoms with E-state index in [1.165, 1.54) is 6.07 Å². The van der Waals surface area contributed by atoms with Gasteiger partial charge in [-0.25, -0.2) is 4.39 Å². The predicted octanol–water partition coefficient (Wildman–Crippen LogP) is 3.94. The van der Waals surface area contributed by atoms with Gasteiger partial charge in [-0.15, -0.1) is 12.4 Å². The van der Waals surface area contributed by atoms with Gasteiger partial charge < -0.3 is 15.8 Å². The van der Waals surface area contributed by atoms with Gasteiger partial charge in [0.15, 0.2) is 5.75 Å². The lowest BCUT2D eigenvalue weighted by atomic mass is 9.65. The number of hydrogen-bond acceptors (Lipinski definition) is 3. The molecule has 0 saturated heterocycles. The third-order valence-electron chi connectivity index (χ3n) is 5.20. The minimum Gasteiger partial charge on any atom is -0.432 e. The molecule has 1 amide bonds. The molecule has 2 saturated carbocycles. The van der Waals surface area contributed by atoms with E-state index in [4.69, 9.17) is 5.73 Å². The van der Waals surface area contributed by atoms with Crippen LogP contribution in [-0.4, -0.2) is 18.6 Å². The van der Waals surface area contributed by atoms with E-state index in [0.29, 0.717) is 24.7 Å². The topological polar surface area (TPSA) is 64.4 Å². The lowest BCUT2D eigenvalue weighted by Gasteiger charge is -2.43. The number of ether oxygens (including phenoxy) is 1. The van der Waals surface area contributed by atoms with Crippen LogP contribution in [0.25, 0.3) is 0 Å². The van der Waals surface area contributed by atoms with Crippen molar-refractivity contribution in [3.05, 3.63) is 24.0 Å². The number of anilines is 1. The van der Waals surface area contributed by atoms with Crippen LogP contribution in [0.3, 0.4) is 0 Å². The van der Waals surface area contributed by atoms with Gasteiger partial charge in [-0.1, -0.05) is 6.42 Å². The SMILES string of the molecule is Cl.NC1C2CCCC1CC(C(=O)Nc1ccc(F)cc1OC(F)F)C2. The Hall–Kier alpha value is -1.47. The zero-order valence-electron chi connectivity index (χ0n) is 13.6. The van der Waals surface area contributed by atoms with Gasteiger partial charge >= 0.3 is 6.61 Å². The van der Waals surface area contributed by atoms with Crippen molar-refractivity contribution in [2.24, 2.45) is 23.5 Å². The van der Waals surface area contributed by atoms with E-state index in [0.717, 1.165) is 31.4 Å². The first-order chi connectivity index (χ1) is 11.4. The van der Waals surface area contributed by atoms with Crippen molar-refractivity contribution in [3.63, 3.8) is 0 Å². The van der Waals surface area contributed by atoms with Crippen molar-refractivity contribution >= 4 is 24.0 Å². The van der Waals surface area contributed by atoms with Crippen molar-refractivity contribution in [1.29, 1.82) is 0 Å². The normalized spacial score (nSPS) is 28.2. The van der Waals surface area contributed by atoms with Gasteiger partial charge in [-0.3, -0.25) is 4.79 Å². The fourth-order valence-electron chi connectivity index (χ4n) is 4.03. The minimum absolute atomic E-state index is 0. The molecule has 0 spiro atoms. The molecular formula is C17H22ClF3N2O2. The average molecular weight is 379 g/mol. The van der Waals surface area contributed by atoms with Gasteiger partial charge in [0.25, 0.3) is 0 Å². The summed E-state index contributed by atoms with van der Waals surface area (Å²) in [5.74, 6) is -0.863. The van der Waals surface area contributed by atoms with Crippen molar-refractivity contribution < 1.29 is 22.7 Å². The third kappa shape index (κ3) is 4.58. The summed E-state index contributed by atoms with van der Waals surface area (Å²) in [6.07, 6.45) is 4.60. The molecule has 0 aromatic heterocycles. The molecule has 8 heteroatoms. The smallest absolute Gasteiger partial charge is 0.387 e. The quantitative estimate of drug-likeness (QED) is 0.834. The molecule has 0 aliphatic heterocycles. The van der Waals surface area contributed by atoms with Gasteiger partial charge in [-0.05, 0) is 49.7 Å². The van der Waals surface area contributed by atoms with Crippen molar-refractivity contribution in [2.75, 3.05) is 5.32 Å². The maximum atomic E-state index is 13.2. The van der Waals surface area contributed by atoms with Gasteiger partial charge in [0.05, 0.1) is 5.69 Å². The molecule has 0 radical (unpaired) electrons. The van der Waals surface area contributed by atoms with E-state index in [2.05, 4.69) is 10.1 Å². The molecule has 3 rings (SSSR count). The summed E-state index contributed by atoms with van der Waals surface area (Å²) in [5.41, 5.74) is 6.28. The number of rotatable bonds is 4. The van der Waals surface area contributed by atoms with Crippen LogP contribution in [0.1, 0.15) is 32.1 Å². The fourth-order valence-corrected chi connectivity index (χ4v) is 4.03. The lowest BCUT2D eigenvalue weighted by Crippen LogP contribution is -2.48. The molecule has 2 aliphatic rings. The second kappa shape index (κ2) is 8.27. The number of benzene rings is 1. The van der Waals surface area contributed by atoms with E-state index >= 15 is 0 Å². The van der Waals surface area contributed by atoms with Crippen molar-refractivity contribution in [1.82, 2.24) is 0 Å². The highest BCUT2D eigenvalue weighted by Crippen LogP contribution is 2.42. The molecule has 4 nitrogen and oxygen atoms in total. The highest BCUT2D eigenvalue weighted by atomic mass is 35.5. The van der Waals surface area contributed by atoms with Crippen LogP contribution < -0.4 is 15.8 Å². The Morgan fingerprint density at radius 1 is 1.24 bits per heavy atom. The van der Waals surface area contributed by atoms with E-state index in [9.17, 15) is 18.0 Å². The van der Waals surface area contributed by atoms with Crippen LogP contribution in [0, 0.1) is 23.6 Å². The fraction of sp³-hybridized carbons (Fsp3) is 0.588. The molecule has 140 valence electrons. The molecule has 0 heterocycles. The Kier molecular flexibility index (Phi) is 6.57. The highest BCUT2D eigenvalue weighted by molar-refractivity contribution is 5.94. The average Bonchev–Trinajstić information content (AvgIpc) is 2.49. The molecule has 2 atom stereocenters. The molecule has 1 aromatic rings. The molecule has 3 N–H and O–H groups in total. The van der Waals surface area contributed by atoms with Gasteiger partial charge in [0.1, 0.15) is 5.82 Å². The Morgan fingerprint density at radius 3 is 2.48 bits per heavy atom. The second-order valence-corrected chi connectivity index (χ2v) is 6.70. The number of carbonyl (C=O) groups is 1. The van der Waals surface area contributed by atoms with Gasteiger partial charge in [0, 0.05) is 18.0 Å². The van der Waals surface area contributed by atoms with E-state index < -0.39 is 12.4 Å². The standard InChI is InChI=1S/C17H21F3N2O2.ClH/c18-12-4-5-13(14(8-12)24-17(19)20)22-16(23)11-6-9-2-1-3-10(7-11)15(9)21;/h4-5,8-11,15,17H,1-3,6-7,21H2,(H,22,23);1H. The number of amides is 1. The number of carbonyl (C=O) groups excluding carboxylic acids is 1. The number of nitrogens with two attached hydrogens (primary N) is 1. The zero-order valence-corrected chi connectivity index (χ0v) is 14.4. The van der Waals surface area contributed by atoms with E-state index in [-0.39, 0.29) is 41.7 Å². The number of halogens is 4. The van der Waals surface area contributed by atoms with Gasteiger partial charge in [-0.2, -0.15) is 8.78 Å². The molecule has 2 fully saturated rings. The van der Waals surface area contributed by atoms with Crippen molar-refractivity contribution in [2.45, 2.75) is 44.8 Å². The summed E-state index contributed by atoms with van der Waals surface area (Å²) in [6, 6.07) is 3.32. The van der Waals surface area contributed by atoms with E-state index in [1.54, 1.807) is 0 Å². The summed E-state index contributed by atoms with van der Waals surface area (Å²) in [6.45, 7) is -3.09. The number of nitrogens with one attached hydrogen (secondary N) is 1. The van der Waals surface area contributed by atoms with Crippen molar-refractivity contribution in [3.8, 4) is 5.75 Å². The monoisotopic (exact) mass is 378 g/mol. The molecule has 2 aliphatic carbocycles. The van der Waals surface area contributed by atoms with Gasteiger partial charge in [0.2, 0.25) is 5.91 Å². The summed E-state index contributed by atoms with van der Waals surface area (Å²) in [5, 5.41) is 2.61. The Labute approximate surface area is 150 Å². The first-order valence-corrected chi connectivity index (χ1v) is 8.25. The Morgan fingerprint density at radius 2 is 1.88 bits per heavy atom. The molecule has 25 heavy (non-hydrogen) atoms. The molecular weight excluding hydrogens is 357 g/mol. The second-order valence-electron chi connectivity index (χ2n) is 6.70. The summed E-state index contributed by atoms with van der Waals surface area (Å²) in [4.78, 5) is 12.5. The Bertz CT molecular complexity index is 604. The van der Waals surface area contributed by atoms with Crippen LogP contribution in [0.2, 0.25) is 0 Å². The minimum atomic E-state index is -3.09. The summed E-state index contributed by atoms with van der Waals surface area (Å²) >= 11 is 0. The maximum Gasteiger partial charge on any atom is 0.387 e. The number of alkyl halides is 2. The Balaban J connectivity index is 0.00000225. The molecule has 2 unspecified atom stereocenters. The summed E-state index contributed by atoms with van der Waals surface area (Å²) < 4.78 is 42.4. The molecule has 2 bridgehead atoms. The maximum absolute atomic E-state index is 13.2. The van der Waals surface area contributed by atoms with Crippen LogP contribution in [0.4, 0.5) is 18.9 Å².